The summed E-state index contributed by atoms with van der Waals surface area (Å²) in [5.74, 6) is 0. The Labute approximate surface area is 100 Å². The van der Waals surface area contributed by atoms with Crippen LogP contribution in [0, 0.1) is 0 Å². The molecule has 1 atom stereocenters. The van der Waals surface area contributed by atoms with Crippen molar-refractivity contribution in [2.45, 2.75) is 25.0 Å². The molecule has 96 valence electrons. The van der Waals surface area contributed by atoms with Crippen LogP contribution in [0.1, 0.15) is 24.5 Å². The van der Waals surface area contributed by atoms with E-state index in [9.17, 15) is 19.5 Å². The number of nitrogens with two attached hydrogens (primary N) is 1. The van der Waals surface area contributed by atoms with Crippen LogP contribution in [-0.2, 0) is 16.3 Å². The average Bonchev–Trinajstić information content (AvgIpc) is 2.27. The highest BCUT2D eigenvalue weighted by atomic mass is 31.2. The number of aliphatic hydroxyl groups is 1. The van der Waals surface area contributed by atoms with Crippen LogP contribution >= 0.6 is 7.60 Å². The lowest BCUT2D eigenvalue weighted by molar-refractivity contribution is 0.213. The van der Waals surface area contributed by atoms with Crippen molar-refractivity contribution in [3.05, 3.63) is 35.4 Å². The van der Waals surface area contributed by atoms with Crippen molar-refractivity contribution in [1.82, 2.24) is 0 Å². The molecule has 0 bridgehead atoms. The molecular weight excluding hydrogens is 241 g/mol. The van der Waals surface area contributed by atoms with E-state index in [2.05, 4.69) is 0 Å². The SMILES string of the molecule is CCCc1ccccc1C(N)(CO)P(=O)(O)O. The minimum Gasteiger partial charge on any atom is -0.393 e. The first-order valence-electron chi connectivity index (χ1n) is 5.40. The van der Waals surface area contributed by atoms with Gasteiger partial charge in [0, 0.05) is 0 Å². The van der Waals surface area contributed by atoms with Crippen LogP contribution in [0.25, 0.3) is 0 Å². The Bertz CT molecular complexity index is 431. The minimum absolute atomic E-state index is 0.317. The van der Waals surface area contributed by atoms with Gasteiger partial charge >= 0.3 is 7.60 Å². The highest BCUT2D eigenvalue weighted by Crippen LogP contribution is 2.53. The van der Waals surface area contributed by atoms with Crippen LogP contribution in [-0.4, -0.2) is 21.5 Å². The molecule has 0 aliphatic heterocycles. The van der Waals surface area contributed by atoms with E-state index in [1.54, 1.807) is 24.3 Å². The van der Waals surface area contributed by atoms with Crippen molar-refractivity contribution >= 4 is 7.60 Å². The summed E-state index contributed by atoms with van der Waals surface area (Å²) in [6, 6.07) is 6.76. The lowest BCUT2D eigenvalue weighted by atomic mass is 9.97. The Hall–Kier alpha value is -0.710. The fourth-order valence-electron chi connectivity index (χ4n) is 1.76. The third-order valence-electron chi connectivity index (χ3n) is 2.76. The number of aryl methyl sites for hydroxylation is 1. The number of hydrogen-bond acceptors (Lipinski definition) is 3. The third kappa shape index (κ3) is 2.76. The monoisotopic (exact) mass is 259 g/mol. The topological polar surface area (TPSA) is 104 Å². The Balaban J connectivity index is 3.35. The molecule has 0 aliphatic carbocycles. The van der Waals surface area contributed by atoms with Gasteiger partial charge in [-0.25, -0.2) is 0 Å². The number of rotatable bonds is 5. The first-order valence-corrected chi connectivity index (χ1v) is 7.02. The largest absolute Gasteiger partial charge is 0.393 e. The maximum Gasteiger partial charge on any atom is 0.352 e. The number of benzene rings is 1. The van der Waals surface area contributed by atoms with Crippen molar-refractivity contribution in [2.24, 2.45) is 5.73 Å². The van der Waals surface area contributed by atoms with Crippen LogP contribution in [0.3, 0.4) is 0 Å². The van der Waals surface area contributed by atoms with Gasteiger partial charge in [0.1, 0.15) is 0 Å². The summed E-state index contributed by atoms with van der Waals surface area (Å²) in [6.45, 7) is 1.17. The Kier molecular flexibility index (Phi) is 4.47. The molecule has 17 heavy (non-hydrogen) atoms. The first kappa shape index (κ1) is 14.4. The molecule has 1 aromatic carbocycles. The second kappa shape index (κ2) is 5.29. The van der Waals surface area contributed by atoms with Crippen LogP contribution < -0.4 is 5.73 Å². The van der Waals surface area contributed by atoms with Gasteiger partial charge in [-0.15, -0.1) is 0 Å². The van der Waals surface area contributed by atoms with E-state index >= 15 is 0 Å². The predicted octanol–water partition coefficient (Wildman–Crippen LogP) is 0.921. The summed E-state index contributed by atoms with van der Waals surface area (Å²) in [5.41, 5.74) is 6.79. The molecule has 1 aromatic rings. The van der Waals surface area contributed by atoms with E-state index < -0.39 is 19.5 Å². The average molecular weight is 259 g/mol. The molecule has 1 unspecified atom stereocenters. The Morgan fingerprint density at radius 2 is 1.94 bits per heavy atom. The number of aliphatic hydroxyl groups excluding tert-OH is 1. The maximum atomic E-state index is 11.5. The van der Waals surface area contributed by atoms with Crippen molar-refractivity contribution in [1.29, 1.82) is 0 Å². The third-order valence-corrected chi connectivity index (χ3v) is 4.19. The molecule has 1 rings (SSSR count). The molecule has 0 fully saturated rings. The molecule has 0 radical (unpaired) electrons. The maximum absolute atomic E-state index is 11.5. The van der Waals surface area contributed by atoms with Gasteiger partial charge in [0.25, 0.3) is 0 Å². The standard InChI is InChI=1S/C11H18NO4P/c1-2-5-9-6-3-4-7-10(9)11(12,8-13)17(14,15)16/h3-4,6-7,13H,2,5,8,12H2,1H3,(H2,14,15,16). The summed E-state index contributed by atoms with van der Waals surface area (Å²) in [7, 11) is -4.63. The van der Waals surface area contributed by atoms with Gasteiger partial charge in [-0.1, -0.05) is 37.6 Å². The van der Waals surface area contributed by atoms with Crippen molar-refractivity contribution in [3.8, 4) is 0 Å². The highest BCUT2D eigenvalue weighted by molar-refractivity contribution is 7.53. The molecule has 0 saturated heterocycles. The first-order chi connectivity index (χ1) is 7.86. The summed E-state index contributed by atoms with van der Waals surface area (Å²) in [6.07, 6.45) is 1.49. The van der Waals surface area contributed by atoms with Gasteiger partial charge in [-0.3, -0.25) is 4.57 Å². The van der Waals surface area contributed by atoms with Gasteiger partial charge < -0.3 is 20.6 Å². The quantitative estimate of drug-likeness (QED) is 0.589. The molecular formula is C11H18NO4P. The van der Waals surface area contributed by atoms with Crippen molar-refractivity contribution in [2.75, 3.05) is 6.61 Å². The molecule has 0 spiro atoms. The fourth-order valence-corrected chi connectivity index (χ4v) is 2.48. The molecule has 0 saturated carbocycles. The van der Waals surface area contributed by atoms with E-state index in [0.29, 0.717) is 12.0 Å². The summed E-state index contributed by atoms with van der Waals surface area (Å²) in [4.78, 5) is 18.6. The zero-order valence-electron chi connectivity index (χ0n) is 9.71. The lowest BCUT2D eigenvalue weighted by Gasteiger charge is -2.30. The zero-order chi connectivity index (χ0) is 13.1. The number of hydrogen-bond donors (Lipinski definition) is 4. The van der Waals surface area contributed by atoms with E-state index in [1.165, 1.54) is 0 Å². The molecule has 0 heterocycles. The second-order valence-corrected chi connectivity index (χ2v) is 5.92. The van der Waals surface area contributed by atoms with Crippen molar-refractivity contribution < 1.29 is 19.5 Å². The molecule has 0 aliphatic rings. The van der Waals surface area contributed by atoms with Crippen LogP contribution in [0.5, 0.6) is 0 Å². The minimum atomic E-state index is -4.63. The van der Waals surface area contributed by atoms with Gasteiger partial charge in [0.2, 0.25) is 0 Å². The normalized spacial score (nSPS) is 15.6. The van der Waals surface area contributed by atoms with Gasteiger partial charge in [-0.05, 0) is 17.5 Å². The van der Waals surface area contributed by atoms with Crippen LogP contribution in [0.2, 0.25) is 0 Å². The predicted molar refractivity (Wildman–Crippen MR) is 65.4 cm³/mol. The molecule has 0 aromatic heterocycles. The zero-order valence-corrected chi connectivity index (χ0v) is 10.6. The second-order valence-electron chi connectivity index (χ2n) is 4.03. The smallest absolute Gasteiger partial charge is 0.352 e. The molecule has 0 amide bonds. The van der Waals surface area contributed by atoms with E-state index in [0.717, 1.165) is 12.0 Å². The van der Waals surface area contributed by atoms with Gasteiger partial charge in [0.05, 0.1) is 6.61 Å². The van der Waals surface area contributed by atoms with Crippen LogP contribution in [0.4, 0.5) is 0 Å². The Morgan fingerprint density at radius 3 is 2.41 bits per heavy atom. The molecule has 5 nitrogen and oxygen atoms in total. The summed E-state index contributed by atoms with van der Waals surface area (Å²) < 4.78 is 11.5. The van der Waals surface area contributed by atoms with E-state index in [-0.39, 0.29) is 0 Å². The van der Waals surface area contributed by atoms with Gasteiger partial charge in [-0.2, -0.15) is 0 Å². The Morgan fingerprint density at radius 1 is 1.35 bits per heavy atom. The molecule has 5 N–H and O–H groups in total. The van der Waals surface area contributed by atoms with Crippen molar-refractivity contribution in [3.63, 3.8) is 0 Å². The van der Waals surface area contributed by atoms with Crippen LogP contribution in [0.15, 0.2) is 24.3 Å². The highest BCUT2D eigenvalue weighted by Gasteiger charge is 2.45. The lowest BCUT2D eigenvalue weighted by Crippen LogP contribution is -2.41. The van der Waals surface area contributed by atoms with Gasteiger partial charge in [0.15, 0.2) is 5.28 Å². The molecule has 6 heteroatoms. The van der Waals surface area contributed by atoms with E-state index in [1.807, 2.05) is 6.92 Å². The summed E-state index contributed by atoms with van der Waals surface area (Å²) >= 11 is 0. The summed E-state index contributed by atoms with van der Waals surface area (Å²) in [5, 5.41) is 7.23. The fraction of sp³-hybridized carbons (Fsp3) is 0.455. The van der Waals surface area contributed by atoms with E-state index in [4.69, 9.17) is 5.73 Å².